The van der Waals surface area contributed by atoms with Crippen LogP contribution >= 0.6 is 23.2 Å². The van der Waals surface area contributed by atoms with Crippen LogP contribution in [0.5, 0.6) is 0 Å². The molecule has 3 rings (SSSR count). The van der Waals surface area contributed by atoms with Gasteiger partial charge in [-0.1, -0.05) is 53.5 Å². The second-order valence-electron chi connectivity index (χ2n) is 10.3. The maximum Gasteiger partial charge on any atom is 0.264 e. The summed E-state index contributed by atoms with van der Waals surface area (Å²) in [7, 11) is -4.17. The van der Waals surface area contributed by atoms with E-state index in [1.54, 1.807) is 49.4 Å². The summed E-state index contributed by atoms with van der Waals surface area (Å²) in [6, 6.07) is 18.7. The second-order valence-corrected chi connectivity index (χ2v) is 13.0. The first-order chi connectivity index (χ1) is 18.2. The number of carbonyl (C=O) groups is 2. The van der Waals surface area contributed by atoms with E-state index in [0.29, 0.717) is 21.3 Å². The largest absolute Gasteiger partial charge is 0.350 e. The van der Waals surface area contributed by atoms with Gasteiger partial charge in [-0.05, 0) is 88.2 Å². The minimum Gasteiger partial charge on any atom is -0.350 e. The number of nitrogens with zero attached hydrogens (tertiary/aromatic N) is 2. The first-order valence-corrected chi connectivity index (χ1v) is 14.6. The molecule has 0 radical (unpaired) electrons. The molecule has 0 saturated heterocycles. The number of carbonyl (C=O) groups excluding carboxylic acids is 2. The van der Waals surface area contributed by atoms with Crippen LogP contribution in [0.3, 0.4) is 0 Å². The molecule has 0 fully saturated rings. The highest BCUT2D eigenvalue weighted by atomic mass is 35.5. The Kier molecular flexibility index (Phi) is 9.69. The van der Waals surface area contributed by atoms with Gasteiger partial charge in [0, 0.05) is 22.1 Å². The minimum absolute atomic E-state index is 0.0138. The lowest BCUT2D eigenvalue weighted by Crippen LogP contribution is -2.54. The van der Waals surface area contributed by atoms with Crippen molar-refractivity contribution in [1.29, 1.82) is 0 Å². The molecular weight excluding hydrogens is 557 g/mol. The highest BCUT2D eigenvalue weighted by Crippen LogP contribution is 2.27. The van der Waals surface area contributed by atoms with E-state index in [0.717, 1.165) is 9.87 Å². The van der Waals surface area contributed by atoms with E-state index in [1.807, 2.05) is 33.8 Å². The topological polar surface area (TPSA) is 86.8 Å². The van der Waals surface area contributed by atoms with Gasteiger partial charge in [0.15, 0.2) is 0 Å². The lowest BCUT2D eigenvalue weighted by atomic mass is 10.1. The third-order valence-corrected chi connectivity index (χ3v) is 8.34. The number of rotatable bonds is 9. The first kappa shape index (κ1) is 30.5. The third-order valence-electron chi connectivity index (χ3n) is 5.93. The zero-order valence-electron chi connectivity index (χ0n) is 22.6. The predicted octanol–water partition coefficient (Wildman–Crippen LogP) is 5.83. The van der Waals surface area contributed by atoms with Crippen LogP contribution in [0.2, 0.25) is 10.0 Å². The highest BCUT2D eigenvalue weighted by Gasteiger charge is 2.33. The number of benzene rings is 3. The Morgan fingerprint density at radius 2 is 1.59 bits per heavy atom. The monoisotopic (exact) mass is 589 g/mol. The van der Waals surface area contributed by atoms with Gasteiger partial charge in [-0.15, -0.1) is 0 Å². The summed E-state index contributed by atoms with van der Waals surface area (Å²) in [4.78, 5) is 28.4. The number of halogens is 2. The smallest absolute Gasteiger partial charge is 0.264 e. The number of anilines is 1. The van der Waals surface area contributed by atoms with Gasteiger partial charge in [-0.3, -0.25) is 13.9 Å². The number of sulfonamides is 1. The molecule has 1 N–H and O–H groups in total. The van der Waals surface area contributed by atoms with Crippen molar-refractivity contribution in [3.05, 3.63) is 94.0 Å². The van der Waals surface area contributed by atoms with Crippen LogP contribution in [-0.4, -0.2) is 43.3 Å². The molecule has 0 unspecified atom stereocenters. The summed E-state index contributed by atoms with van der Waals surface area (Å²) in [5.41, 5.74) is 1.24. The van der Waals surface area contributed by atoms with Gasteiger partial charge in [0.05, 0.1) is 10.6 Å². The normalized spacial score (nSPS) is 12.5. The van der Waals surface area contributed by atoms with Gasteiger partial charge in [-0.25, -0.2) is 8.42 Å². The van der Waals surface area contributed by atoms with Gasteiger partial charge in [-0.2, -0.15) is 0 Å². The Morgan fingerprint density at radius 3 is 2.18 bits per heavy atom. The fourth-order valence-electron chi connectivity index (χ4n) is 3.91. The predicted molar refractivity (Wildman–Crippen MR) is 157 cm³/mol. The third kappa shape index (κ3) is 7.97. The Balaban J connectivity index is 2.05. The maximum absolute atomic E-state index is 13.9. The molecule has 3 aromatic rings. The molecule has 0 aliphatic rings. The number of hydrogen-bond acceptors (Lipinski definition) is 4. The zero-order valence-corrected chi connectivity index (χ0v) is 24.9. The summed E-state index contributed by atoms with van der Waals surface area (Å²) < 4.78 is 28.7. The van der Waals surface area contributed by atoms with Crippen molar-refractivity contribution in [3.8, 4) is 0 Å². The van der Waals surface area contributed by atoms with E-state index in [1.165, 1.54) is 29.2 Å². The van der Waals surface area contributed by atoms with Crippen molar-refractivity contribution in [2.45, 2.75) is 57.6 Å². The van der Waals surface area contributed by atoms with Crippen molar-refractivity contribution in [2.24, 2.45) is 0 Å². The van der Waals surface area contributed by atoms with Crippen molar-refractivity contribution < 1.29 is 18.0 Å². The molecule has 39 heavy (non-hydrogen) atoms. The van der Waals surface area contributed by atoms with Crippen molar-refractivity contribution >= 4 is 50.7 Å². The van der Waals surface area contributed by atoms with Crippen molar-refractivity contribution in [2.75, 3.05) is 10.8 Å². The number of nitrogens with one attached hydrogen (secondary N) is 1. The Hall–Kier alpha value is -3.07. The Labute approximate surface area is 240 Å². The minimum atomic E-state index is -4.17. The second kappa shape index (κ2) is 12.4. The molecule has 0 bridgehead atoms. The van der Waals surface area contributed by atoms with Crippen LogP contribution < -0.4 is 9.62 Å². The first-order valence-electron chi connectivity index (χ1n) is 12.4. The molecule has 0 heterocycles. The SMILES string of the molecule is Cc1cccc(N(CC(=O)N(Cc2ccccc2Cl)[C@@H](C)C(=O)NC(C)(C)C)S(=O)(=O)c2ccc(Cl)cc2)c1. The van der Waals surface area contributed by atoms with Crippen LogP contribution in [0.4, 0.5) is 5.69 Å². The van der Waals surface area contributed by atoms with E-state index in [-0.39, 0.29) is 17.3 Å². The van der Waals surface area contributed by atoms with Gasteiger partial charge >= 0.3 is 0 Å². The highest BCUT2D eigenvalue weighted by molar-refractivity contribution is 7.92. The summed E-state index contributed by atoms with van der Waals surface area (Å²) >= 11 is 12.4. The lowest BCUT2D eigenvalue weighted by Gasteiger charge is -2.33. The van der Waals surface area contributed by atoms with E-state index >= 15 is 0 Å². The number of hydrogen-bond donors (Lipinski definition) is 1. The molecule has 7 nitrogen and oxygen atoms in total. The molecule has 0 spiro atoms. The zero-order chi connectivity index (χ0) is 29.0. The molecule has 1 atom stereocenters. The Bertz CT molecular complexity index is 1440. The van der Waals surface area contributed by atoms with E-state index < -0.39 is 34.1 Å². The fraction of sp³-hybridized carbons (Fsp3) is 0.310. The van der Waals surface area contributed by atoms with Crippen LogP contribution in [0.15, 0.2) is 77.7 Å². The maximum atomic E-state index is 13.9. The molecule has 208 valence electrons. The number of aryl methyl sites for hydroxylation is 1. The summed E-state index contributed by atoms with van der Waals surface area (Å²) in [6.45, 7) is 8.45. The average molecular weight is 591 g/mol. The lowest BCUT2D eigenvalue weighted by molar-refractivity contribution is -0.140. The molecule has 2 amide bonds. The molecule has 0 aromatic heterocycles. The van der Waals surface area contributed by atoms with Gasteiger partial charge in [0.2, 0.25) is 11.8 Å². The fourth-order valence-corrected chi connectivity index (χ4v) is 5.64. The average Bonchev–Trinajstić information content (AvgIpc) is 2.85. The van der Waals surface area contributed by atoms with E-state index in [2.05, 4.69) is 5.32 Å². The molecule has 0 aliphatic heterocycles. The van der Waals surface area contributed by atoms with E-state index in [4.69, 9.17) is 23.2 Å². The molecule has 3 aromatic carbocycles. The summed E-state index contributed by atoms with van der Waals surface area (Å²) in [6.07, 6.45) is 0. The Morgan fingerprint density at radius 1 is 0.949 bits per heavy atom. The van der Waals surface area contributed by atoms with Crippen LogP contribution in [0.25, 0.3) is 0 Å². The molecular formula is C29H33Cl2N3O4S. The molecule has 10 heteroatoms. The van der Waals surface area contributed by atoms with Gasteiger partial charge < -0.3 is 10.2 Å². The van der Waals surface area contributed by atoms with Crippen LogP contribution in [0.1, 0.15) is 38.8 Å². The van der Waals surface area contributed by atoms with Crippen LogP contribution in [-0.2, 0) is 26.2 Å². The van der Waals surface area contributed by atoms with Crippen molar-refractivity contribution in [1.82, 2.24) is 10.2 Å². The van der Waals surface area contributed by atoms with Gasteiger partial charge in [0.1, 0.15) is 12.6 Å². The number of amides is 2. The van der Waals surface area contributed by atoms with Crippen molar-refractivity contribution in [3.63, 3.8) is 0 Å². The summed E-state index contributed by atoms with van der Waals surface area (Å²) in [5.74, 6) is -0.934. The van der Waals surface area contributed by atoms with Crippen LogP contribution in [0, 0.1) is 6.92 Å². The molecule has 0 saturated carbocycles. The van der Waals surface area contributed by atoms with E-state index in [9.17, 15) is 18.0 Å². The quantitative estimate of drug-likeness (QED) is 0.340. The standard InChI is InChI=1S/C29H33Cl2N3O4S/c1-20-9-8-11-24(17-20)34(39(37,38)25-15-13-23(30)14-16-25)19-27(35)33(18-22-10-6-7-12-26(22)31)21(2)28(36)32-29(3,4)5/h6-17,21H,18-19H2,1-5H3,(H,32,36)/t21-/m0/s1. The summed E-state index contributed by atoms with van der Waals surface area (Å²) in [5, 5.41) is 3.72. The molecule has 0 aliphatic carbocycles. The van der Waals surface area contributed by atoms with Gasteiger partial charge in [0.25, 0.3) is 10.0 Å².